The molecule has 0 radical (unpaired) electrons. The highest BCUT2D eigenvalue weighted by atomic mass is 16.6. The molecule has 0 amide bonds. The van der Waals surface area contributed by atoms with E-state index in [2.05, 4.69) is 37.8 Å². The Morgan fingerprint density at radius 2 is 1.78 bits per heavy atom. The molecular formula is C21H35NO. The molecule has 0 N–H and O–H groups in total. The first-order valence-corrected chi connectivity index (χ1v) is 10.0. The summed E-state index contributed by atoms with van der Waals surface area (Å²) in [6.45, 7) is 8.11. The number of hydrogen-bond acceptors (Lipinski definition) is 2. The molecule has 1 aliphatic carbocycles. The van der Waals surface area contributed by atoms with Gasteiger partial charge in [0.25, 0.3) is 0 Å². The minimum atomic E-state index is 0.431. The van der Waals surface area contributed by atoms with Crippen LogP contribution in [0.25, 0.3) is 0 Å². The van der Waals surface area contributed by atoms with Crippen molar-refractivity contribution in [3.8, 4) is 0 Å². The van der Waals surface area contributed by atoms with Crippen molar-refractivity contribution in [1.82, 2.24) is 4.90 Å². The lowest BCUT2D eigenvalue weighted by Gasteiger charge is -2.39. The van der Waals surface area contributed by atoms with Crippen LogP contribution in [0, 0.1) is 5.92 Å². The summed E-state index contributed by atoms with van der Waals surface area (Å²) < 4.78 is 6.10. The van der Waals surface area contributed by atoms with E-state index in [0.29, 0.717) is 24.2 Å². The lowest BCUT2D eigenvalue weighted by Crippen LogP contribution is -2.42. The summed E-state index contributed by atoms with van der Waals surface area (Å²) in [6, 6.07) is 0.674. The first-order valence-electron chi connectivity index (χ1n) is 10.0. The summed E-state index contributed by atoms with van der Waals surface area (Å²) in [7, 11) is 0. The van der Waals surface area contributed by atoms with Gasteiger partial charge in [-0.3, -0.25) is 0 Å². The summed E-state index contributed by atoms with van der Waals surface area (Å²) in [5, 5.41) is 0. The van der Waals surface area contributed by atoms with Crippen LogP contribution in [0.15, 0.2) is 23.4 Å². The van der Waals surface area contributed by atoms with Crippen LogP contribution in [0.1, 0.15) is 78.6 Å². The second-order valence-electron chi connectivity index (χ2n) is 7.63. The number of allylic oxidation sites excluding steroid dienone is 2. The van der Waals surface area contributed by atoms with Gasteiger partial charge in [0.1, 0.15) is 6.10 Å². The van der Waals surface area contributed by atoms with Crippen molar-refractivity contribution in [3.63, 3.8) is 0 Å². The summed E-state index contributed by atoms with van der Waals surface area (Å²) in [5.41, 5.74) is 3.16. The molecule has 3 rings (SSSR count). The Kier molecular flexibility index (Phi) is 5.85. The molecule has 0 aromatic rings. The topological polar surface area (TPSA) is 15.8 Å². The fourth-order valence-electron chi connectivity index (χ4n) is 4.76. The van der Waals surface area contributed by atoms with Gasteiger partial charge in [0.05, 0.1) is 6.10 Å². The van der Waals surface area contributed by atoms with Crippen molar-refractivity contribution in [2.75, 3.05) is 6.54 Å². The van der Waals surface area contributed by atoms with Crippen LogP contribution in [0.3, 0.4) is 0 Å². The van der Waals surface area contributed by atoms with Crippen molar-refractivity contribution in [3.05, 3.63) is 23.4 Å². The SMILES string of the molecule is CCCCCCCCC1=C(C)C2OC2C2CC=CCC2N1CC. The Morgan fingerprint density at radius 3 is 2.57 bits per heavy atom. The molecule has 0 saturated carbocycles. The molecule has 1 saturated heterocycles. The number of nitrogens with zero attached hydrogens (tertiary/aromatic N) is 1. The largest absolute Gasteiger partial charge is 0.371 e. The normalized spacial score (nSPS) is 32.6. The van der Waals surface area contributed by atoms with E-state index in [1.807, 2.05) is 0 Å². The number of unbranched alkanes of at least 4 members (excludes halogenated alkanes) is 5. The predicted molar refractivity (Wildman–Crippen MR) is 97.4 cm³/mol. The number of rotatable bonds is 8. The van der Waals surface area contributed by atoms with Gasteiger partial charge in [-0.25, -0.2) is 0 Å². The quantitative estimate of drug-likeness (QED) is 0.336. The Morgan fingerprint density at radius 1 is 1.04 bits per heavy atom. The zero-order valence-corrected chi connectivity index (χ0v) is 15.4. The third-order valence-electron chi connectivity index (χ3n) is 6.13. The van der Waals surface area contributed by atoms with Gasteiger partial charge >= 0.3 is 0 Å². The van der Waals surface area contributed by atoms with Gasteiger partial charge in [0, 0.05) is 24.2 Å². The van der Waals surface area contributed by atoms with E-state index >= 15 is 0 Å². The Hall–Kier alpha value is -0.760. The van der Waals surface area contributed by atoms with E-state index in [4.69, 9.17) is 4.74 Å². The van der Waals surface area contributed by atoms with Crippen molar-refractivity contribution in [1.29, 1.82) is 0 Å². The van der Waals surface area contributed by atoms with Crippen molar-refractivity contribution >= 4 is 0 Å². The van der Waals surface area contributed by atoms with Gasteiger partial charge in [0.15, 0.2) is 0 Å². The Bertz CT molecular complexity index is 453. The van der Waals surface area contributed by atoms with Gasteiger partial charge in [0.2, 0.25) is 0 Å². The molecule has 23 heavy (non-hydrogen) atoms. The van der Waals surface area contributed by atoms with Crippen molar-refractivity contribution < 1.29 is 4.74 Å². The first kappa shape index (κ1) is 17.1. The smallest absolute Gasteiger partial charge is 0.107 e. The number of hydrogen-bond donors (Lipinski definition) is 0. The lowest BCUT2D eigenvalue weighted by atomic mass is 9.85. The van der Waals surface area contributed by atoms with Crippen LogP contribution in [0.5, 0.6) is 0 Å². The molecule has 0 aromatic carbocycles. The summed E-state index contributed by atoms with van der Waals surface area (Å²) in [5.74, 6) is 0.710. The van der Waals surface area contributed by atoms with Gasteiger partial charge < -0.3 is 9.64 Å². The molecule has 0 bridgehead atoms. The predicted octanol–water partition coefficient (Wildman–Crippen LogP) is 5.45. The standard InChI is InChI=1S/C21H35NO/c1-4-6-7-8-9-10-14-18-16(3)20-21(23-20)17-13-11-12-15-19(17)22(18)5-2/h11-12,17,19-21H,4-10,13-15H2,1-3H3. The fraction of sp³-hybridized carbons (Fsp3) is 0.810. The van der Waals surface area contributed by atoms with E-state index in [1.54, 1.807) is 11.3 Å². The van der Waals surface area contributed by atoms with Crippen LogP contribution in [0.4, 0.5) is 0 Å². The molecule has 1 fully saturated rings. The lowest BCUT2D eigenvalue weighted by molar-refractivity contribution is 0.148. The number of epoxide rings is 1. The highest BCUT2D eigenvalue weighted by Crippen LogP contribution is 2.47. The van der Waals surface area contributed by atoms with Crippen LogP contribution in [-0.4, -0.2) is 29.7 Å². The molecule has 0 aromatic heterocycles. The van der Waals surface area contributed by atoms with E-state index < -0.39 is 0 Å². The highest BCUT2D eigenvalue weighted by Gasteiger charge is 2.52. The van der Waals surface area contributed by atoms with E-state index in [0.717, 1.165) is 6.54 Å². The first-order chi connectivity index (χ1) is 11.3. The molecule has 2 heterocycles. The third kappa shape index (κ3) is 3.68. The maximum atomic E-state index is 6.10. The Balaban J connectivity index is 1.64. The summed E-state index contributed by atoms with van der Waals surface area (Å²) in [6.07, 6.45) is 17.7. The van der Waals surface area contributed by atoms with E-state index in [1.165, 1.54) is 57.8 Å². The molecule has 4 atom stereocenters. The zero-order chi connectivity index (χ0) is 16.2. The van der Waals surface area contributed by atoms with Crippen LogP contribution < -0.4 is 0 Å². The van der Waals surface area contributed by atoms with E-state index in [9.17, 15) is 0 Å². The van der Waals surface area contributed by atoms with Gasteiger partial charge in [-0.05, 0) is 45.1 Å². The molecule has 3 aliphatic rings. The van der Waals surface area contributed by atoms with Crippen molar-refractivity contribution in [2.24, 2.45) is 5.92 Å². The minimum absolute atomic E-state index is 0.431. The van der Waals surface area contributed by atoms with Crippen LogP contribution in [-0.2, 0) is 4.74 Å². The van der Waals surface area contributed by atoms with Crippen LogP contribution >= 0.6 is 0 Å². The number of fused-ring (bicyclic) bond motifs is 3. The molecular weight excluding hydrogens is 282 g/mol. The molecule has 130 valence electrons. The molecule has 2 nitrogen and oxygen atoms in total. The second kappa shape index (κ2) is 7.88. The minimum Gasteiger partial charge on any atom is -0.371 e. The average Bonchev–Trinajstić information content (AvgIpc) is 3.37. The summed E-state index contributed by atoms with van der Waals surface area (Å²) >= 11 is 0. The van der Waals surface area contributed by atoms with Gasteiger partial charge in [-0.15, -0.1) is 0 Å². The fourth-order valence-corrected chi connectivity index (χ4v) is 4.76. The highest BCUT2D eigenvalue weighted by molar-refractivity contribution is 5.28. The third-order valence-corrected chi connectivity index (χ3v) is 6.13. The molecule has 2 heteroatoms. The maximum absolute atomic E-state index is 6.10. The molecule has 0 spiro atoms. The van der Waals surface area contributed by atoms with Gasteiger partial charge in [-0.2, -0.15) is 0 Å². The zero-order valence-electron chi connectivity index (χ0n) is 15.4. The van der Waals surface area contributed by atoms with Crippen LogP contribution in [0.2, 0.25) is 0 Å². The summed E-state index contributed by atoms with van der Waals surface area (Å²) in [4.78, 5) is 2.74. The number of ether oxygens (including phenoxy) is 1. The van der Waals surface area contributed by atoms with Crippen molar-refractivity contribution in [2.45, 2.75) is 96.8 Å². The molecule has 2 aliphatic heterocycles. The monoisotopic (exact) mass is 317 g/mol. The second-order valence-corrected chi connectivity index (χ2v) is 7.63. The van der Waals surface area contributed by atoms with E-state index in [-0.39, 0.29) is 0 Å². The molecule has 4 unspecified atom stereocenters. The Labute approximate surface area is 143 Å². The van der Waals surface area contributed by atoms with Gasteiger partial charge in [-0.1, -0.05) is 51.2 Å². The average molecular weight is 318 g/mol. The maximum Gasteiger partial charge on any atom is 0.107 e.